The highest BCUT2D eigenvalue weighted by molar-refractivity contribution is 7.98. The van der Waals surface area contributed by atoms with Crippen molar-refractivity contribution < 1.29 is 24.6 Å². The summed E-state index contributed by atoms with van der Waals surface area (Å²) in [6.45, 7) is -0.370. The summed E-state index contributed by atoms with van der Waals surface area (Å²) in [4.78, 5) is 11.7. The van der Waals surface area contributed by atoms with E-state index in [4.69, 9.17) is 4.74 Å². The highest BCUT2D eigenvalue weighted by Crippen LogP contribution is 2.29. The maximum absolute atomic E-state index is 10.2. The van der Waals surface area contributed by atoms with E-state index in [-0.39, 0.29) is 6.61 Å². The van der Waals surface area contributed by atoms with Crippen molar-refractivity contribution in [2.45, 2.75) is 35.3 Å². The Morgan fingerprint density at radius 1 is 1.15 bits per heavy atom. The number of nitrogens with one attached hydrogen (secondary N) is 1. The van der Waals surface area contributed by atoms with Gasteiger partial charge in [-0.3, -0.25) is 4.98 Å². The zero-order valence-corrected chi connectivity index (χ0v) is 14.6. The minimum Gasteiger partial charge on any atom is -0.394 e. The van der Waals surface area contributed by atoms with E-state index in [1.54, 1.807) is 22.7 Å². The van der Waals surface area contributed by atoms with E-state index in [1.807, 2.05) is 18.2 Å². The van der Waals surface area contributed by atoms with Crippen molar-refractivity contribution in [3.63, 3.8) is 0 Å². The lowest BCUT2D eigenvalue weighted by Crippen LogP contribution is -2.45. The van der Waals surface area contributed by atoms with Crippen LogP contribution in [-0.4, -0.2) is 55.2 Å². The number of nitrogens with zero attached hydrogens (tertiary/aromatic N) is 3. The lowest BCUT2D eigenvalue weighted by atomic mass is 10.1. The Morgan fingerprint density at radius 3 is 2.69 bits per heavy atom. The van der Waals surface area contributed by atoms with Crippen LogP contribution in [0.2, 0.25) is 0 Å². The van der Waals surface area contributed by atoms with Crippen molar-refractivity contribution in [1.29, 1.82) is 0 Å². The summed E-state index contributed by atoms with van der Waals surface area (Å²) in [5.74, 6) is 0.764. The summed E-state index contributed by atoms with van der Waals surface area (Å²) >= 11 is 1.58. The van der Waals surface area contributed by atoms with Crippen molar-refractivity contribution in [1.82, 2.24) is 15.0 Å². The van der Waals surface area contributed by atoms with Gasteiger partial charge in [-0.1, -0.05) is 47.1 Å². The predicted molar refractivity (Wildman–Crippen MR) is 93.1 cm³/mol. The second kappa shape index (κ2) is 7.29. The molecule has 0 spiro atoms. The first-order valence-electron chi connectivity index (χ1n) is 8.21. The van der Waals surface area contributed by atoms with Crippen LogP contribution in [-0.2, 0) is 10.5 Å². The van der Waals surface area contributed by atoms with Crippen LogP contribution in [0, 0.1) is 0 Å². The normalized spacial score (nSPS) is 25.8. The Bertz CT molecular complexity index is 891. The quantitative estimate of drug-likeness (QED) is 0.285. The smallest absolute Gasteiger partial charge is 0.308 e. The summed E-state index contributed by atoms with van der Waals surface area (Å²) in [5, 5.41) is 30.3. The third-order valence-corrected chi connectivity index (χ3v) is 5.46. The first-order chi connectivity index (χ1) is 12.7. The molecule has 1 aliphatic heterocycles. The molecule has 1 aliphatic rings. The maximum Gasteiger partial charge on any atom is 0.308 e. The van der Waals surface area contributed by atoms with Gasteiger partial charge in [-0.15, -0.1) is 0 Å². The van der Waals surface area contributed by atoms with Crippen molar-refractivity contribution >= 4 is 22.9 Å². The van der Waals surface area contributed by atoms with Gasteiger partial charge in [0.05, 0.1) is 6.61 Å². The molecule has 9 heteroatoms. The molecule has 0 bridgehead atoms. The average molecular weight is 375 g/mol. The van der Waals surface area contributed by atoms with E-state index in [2.05, 4.69) is 27.1 Å². The van der Waals surface area contributed by atoms with Crippen LogP contribution in [0.4, 0.5) is 0 Å². The van der Waals surface area contributed by atoms with Crippen LogP contribution in [0.15, 0.2) is 48.0 Å². The second-order valence-electron chi connectivity index (χ2n) is 6.06. The number of hydrogen-bond acceptors (Lipinski definition) is 7. The molecule has 4 atom stereocenters. The van der Waals surface area contributed by atoms with E-state index in [0.717, 1.165) is 16.3 Å². The molecule has 4 N–H and O–H groups in total. The van der Waals surface area contributed by atoms with Gasteiger partial charge in [0.2, 0.25) is 11.7 Å². The summed E-state index contributed by atoms with van der Waals surface area (Å²) < 4.78 is 7.20. The molecule has 26 heavy (non-hydrogen) atoms. The van der Waals surface area contributed by atoms with E-state index >= 15 is 0 Å². The van der Waals surface area contributed by atoms with Gasteiger partial charge < -0.3 is 20.1 Å². The Kier molecular flexibility index (Phi) is 4.88. The Balaban J connectivity index is 1.61. The average Bonchev–Trinajstić information content (AvgIpc) is 3.23. The predicted octanol–water partition coefficient (Wildman–Crippen LogP) is 0.149. The molecular weight excluding hydrogens is 356 g/mol. The molecule has 1 fully saturated rings. The van der Waals surface area contributed by atoms with Gasteiger partial charge in [0.15, 0.2) is 12.7 Å². The third-order valence-electron chi connectivity index (χ3n) is 4.39. The first-order valence-corrected chi connectivity index (χ1v) is 9.20. The molecule has 136 valence electrons. The topological polar surface area (TPSA) is 115 Å². The van der Waals surface area contributed by atoms with Crippen LogP contribution in [0.3, 0.4) is 0 Å². The molecule has 1 aromatic carbocycles. The van der Waals surface area contributed by atoms with E-state index < -0.39 is 24.5 Å². The summed E-state index contributed by atoms with van der Waals surface area (Å²) in [6, 6.07) is 10.1. The summed E-state index contributed by atoms with van der Waals surface area (Å²) in [7, 11) is 0. The number of aromatic nitrogens is 4. The number of rotatable bonds is 5. The second-order valence-corrected chi connectivity index (χ2v) is 7.03. The molecule has 0 unspecified atom stereocenters. The number of aliphatic hydroxyl groups excluding tert-OH is 3. The third kappa shape index (κ3) is 3.08. The lowest BCUT2D eigenvalue weighted by Gasteiger charge is -2.11. The van der Waals surface area contributed by atoms with E-state index in [9.17, 15) is 15.3 Å². The minimum absolute atomic E-state index is 0.370. The Labute approximate surface area is 153 Å². The highest BCUT2D eigenvalue weighted by atomic mass is 32.2. The number of hydrogen-bond donors (Lipinski definition) is 4. The van der Waals surface area contributed by atoms with Gasteiger partial charge in [-0.2, -0.15) is 0 Å². The number of aromatic amines is 1. The van der Waals surface area contributed by atoms with Gasteiger partial charge in [-0.25, -0.2) is 9.55 Å². The molecule has 0 radical (unpaired) electrons. The van der Waals surface area contributed by atoms with E-state index in [0.29, 0.717) is 5.65 Å². The number of H-pyrrole nitrogens is 1. The number of ether oxygens (including phenoxy) is 1. The van der Waals surface area contributed by atoms with Crippen molar-refractivity contribution in [3.05, 3.63) is 48.5 Å². The van der Waals surface area contributed by atoms with Gasteiger partial charge >= 0.3 is 5.65 Å². The van der Waals surface area contributed by atoms with Crippen LogP contribution in [0.25, 0.3) is 11.2 Å². The molecular formula is C17H19N4O4S+. The maximum atomic E-state index is 10.2. The Hall–Kier alpha value is -2.04. The molecule has 0 amide bonds. The fourth-order valence-corrected chi connectivity index (χ4v) is 3.93. The van der Waals surface area contributed by atoms with Crippen LogP contribution in [0.1, 0.15) is 11.8 Å². The molecule has 3 aromatic rings. The molecule has 1 saturated heterocycles. The monoisotopic (exact) mass is 375 g/mol. The molecule has 4 rings (SSSR count). The van der Waals surface area contributed by atoms with Crippen LogP contribution in [0.5, 0.6) is 0 Å². The van der Waals surface area contributed by atoms with E-state index in [1.165, 1.54) is 11.9 Å². The largest absolute Gasteiger partial charge is 0.394 e. The Morgan fingerprint density at radius 2 is 1.96 bits per heavy atom. The van der Waals surface area contributed by atoms with Gasteiger partial charge in [-0.05, 0) is 5.56 Å². The number of benzene rings is 1. The molecule has 8 nitrogen and oxygen atoms in total. The number of aliphatic hydroxyl groups is 3. The molecule has 0 aliphatic carbocycles. The van der Waals surface area contributed by atoms with Crippen LogP contribution < -0.4 is 4.57 Å². The van der Waals surface area contributed by atoms with Gasteiger partial charge in [0.25, 0.3) is 0 Å². The lowest BCUT2D eigenvalue weighted by molar-refractivity contribution is -0.745. The number of fused-ring (bicyclic) bond motifs is 1. The fourth-order valence-electron chi connectivity index (χ4n) is 3.02. The SMILES string of the molecule is OC[C@@H]1O[C@H]([n+]2c[nH]c3c(SCc4ccccc4)ncnc32)[C@H](O)[C@H]1O. The number of thioether (sulfide) groups is 1. The molecule has 2 aromatic heterocycles. The van der Waals surface area contributed by atoms with Gasteiger partial charge in [0, 0.05) is 5.75 Å². The highest BCUT2D eigenvalue weighted by Gasteiger charge is 2.46. The summed E-state index contributed by atoms with van der Waals surface area (Å²) in [6.07, 6.45) is -0.894. The van der Waals surface area contributed by atoms with Crippen molar-refractivity contribution in [2.75, 3.05) is 6.61 Å². The standard InChI is InChI=1S/C17H18N4O4S/c22-6-11-13(23)14(24)17(25-11)21-9-20-12-15(21)18-8-19-16(12)26-7-10-4-2-1-3-5-10/h1-5,8-9,11,13-14,17,22-24H,6-7H2/p+1/t11-,13-,14+,17-/m0/s1. The van der Waals surface area contributed by atoms with Crippen molar-refractivity contribution in [2.24, 2.45) is 0 Å². The first kappa shape index (κ1) is 17.4. The summed E-state index contributed by atoms with van der Waals surface area (Å²) in [5.41, 5.74) is 2.48. The fraction of sp³-hybridized carbons (Fsp3) is 0.353. The molecule has 0 saturated carbocycles. The molecule has 3 heterocycles. The van der Waals surface area contributed by atoms with Gasteiger partial charge in [0.1, 0.15) is 23.3 Å². The number of imidazole rings is 1. The van der Waals surface area contributed by atoms with Crippen LogP contribution >= 0.6 is 11.8 Å². The minimum atomic E-state index is -1.16. The zero-order chi connectivity index (χ0) is 18.1. The zero-order valence-electron chi connectivity index (χ0n) is 13.8. The van der Waals surface area contributed by atoms with Crippen molar-refractivity contribution in [3.8, 4) is 0 Å².